The van der Waals surface area contributed by atoms with Gasteiger partial charge in [0.1, 0.15) is 5.75 Å². The van der Waals surface area contributed by atoms with Gasteiger partial charge in [-0.2, -0.15) is 0 Å². The van der Waals surface area contributed by atoms with Gasteiger partial charge in [-0.05, 0) is 35.7 Å². The van der Waals surface area contributed by atoms with Gasteiger partial charge in [-0.1, -0.05) is 18.2 Å². The molecule has 0 spiro atoms. The molecule has 0 saturated carbocycles. The summed E-state index contributed by atoms with van der Waals surface area (Å²) in [6, 6.07) is 11.9. The van der Waals surface area contributed by atoms with Crippen LogP contribution < -0.4 is 10.1 Å². The molecule has 1 aliphatic heterocycles. The lowest BCUT2D eigenvalue weighted by atomic mass is 10.0. The van der Waals surface area contributed by atoms with E-state index >= 15 is 0 Å². The highest BCUT2D eigenvalue weighted by atomic mass is 16.5. The standard InChI is InChI=1S/C19H23N3O2/c1-24-17-7-4-15(5-8-17)6-9-19(23)22-12-11-21-14-18(22)16-3-2-10-20-13-16/h2-5,7-8,10,13,18,21H,6,9,11-12,14H2,1H3. The van der Waals surface area contributed by atoms with Crippen molar-refractivity contribution in [1.82, 2.24) is 15.2 Å². The number of carbonyl (C=O) groups excluding carboxylic acids is 1. The van der Waals surface area contributed by atoms with Crippen molar-refractivity contribution in [3.63, 3.8) is 0 Å². The predicted octanol–water partition coefficient (Wildman–Crippen LogP) is 2.20. The lowest BCUT2D eigenvalue weighted by Crippen LogP contribution is -2.48. The van der Waals surface area contributed by atoms with E-state index in [1.807, 2.05) is 47.5 Å². The molecule has 5 heteroatoms. The van der Waals surface area contributed by atoms with E-state index < -0.39 is 0 Å². The number of rotatable bonds is 5. The van der Waals surface area contributed by atoms with Gasteiger partial charge in [0.2, 0.25) is 5.91 Å². The number of nitrogens with zero attached hydrogens (tertiary/aromatic N) is 2. The van der Waals surface area contributed by atoms with Gasteiger partial charge in [0, 0.05) is 38.4 Å². The largest absolute Gasteiger partial charge is 0.497 e. The maximum Gasteiger partial charge on any atom is 0.223 e. The first kappa shape index (κ1) is 16.5. The molecular weight excluding hydrogens is 302 g/mol. The Labute approximate surface area is 142 Å². The van der Waals surface area contributed by atoms with Gasteiger partial charge < -0.3 is 15.0 Å². The van der Waals surface area contributed by atoms with Gasteiger partial charge in [0.15, 0.2) is 0 Å². The quantitative estimate of drug-likeness (QED) is 0.916. The van der Waals surface area contributed by atoms with E-state index in [4.69, 9.17) is 4.74 Å². The van der Waals surface area contributed by atoms with Crippen molar-refractivity contribution >= 4 is 5.91 Å². The summed E-state index contributed by atoms with van der Waals surface area (Å²) < 4.78 is 5.16. The predicted molar refractivity (Wildman–Crippen MR) is 92.9 cm³/mol. The lowest BCUT2D eigenvalue weighted by Gasteiger charge is -2.36. The minimum atomic E-state index is 0.0656. The van der Waals surface area contributed by atoms with Crippen LogP contribution in [-0.2, 0) is 11.2 Å². The minimum absolute atomic E-state index is 0.0656. The Balaban J connectivity index is 1.63. The maximum absolute atomic E-state index is 12.7. The van der Waals surface area contributed by atoms with Crippen molar-refractivity contribution in [1.29, 1.82) is 0 Å². The van der Waals surface area contributed by atoms with Crippen molar-refractivity contribution in [2.24, 2.45) is 0 Å². The first-order chi connectivity index (χ1) is 11.8. The molecule has 1 saturated heterocycles. The number of hydrogen-bond acceptors (Lipinski definition) is 4. The third-order valence-corrected chi connectivity index (χ3v) is 4.42. The number of hydrogen-bond donors (Lipinski definition) is 1. The number of carbonyl (C=O) groups is 1. The summed E-state index contributed by atoms with van der Waals surface area (Å²) in [5.74, 6) is 1.03. The van der Waals surface area contributed by atoms with Crippen LogP contribution in [0.15, 0.2) is 48.8 Å². The summed E-state index contributed by atoms with van der Waals surface area (Å²) in [6.45, 7) is 2.35. The molecule has 5 nitrogen and oxygen atoms in total. The topological polar surface area (TPSA) is 54.5 Å². The zero-order valence-corrected chi connectivity index (χ0v) is 13.9. The number of aromatic nitrogens is 1. The molecule has 2 aromatic rings. The van der Waals surface area contributed by atoms with Crippen LogP contribution in [0.1, 0.15) is 23.6 Å². The molecule has 0 aliphatic carbocycles. The zero-order chi connectivity index (χ0) is 16.8. The first-order valence-electron chi connectivity index (χ1n) is 8.31. The lowest BCUT2D eigenvalue weighted by molar-refractivity contribution is -0.134. The van der Waals surface area contributed by atoms with Crippen LogP contribution in [0.4, 0.5) is 0 Å². The molecular formula is C19H23N3O2. The Bertz CT molecular complexity index is 658. The highest BCUT2D eigenvalue weighted by Gasteiger charge is 2.27. The van der Waals surface area contributed by atoms with Crippen molar-refractivity contribution in [3.05, 3.63) is 59.9 Å². The SMILES string of the molecule is COc1ccc(CCC(=O)N2CCNCC2c2cccnc2)cc1. The normalized spacial score (nSPS) is 17.5. The number of amides is 1. The molecule has 24 heavy (non-hydrogen) atoms. The second-order valence-electron chi connectivity index (χ2n) is 5.94. The van der Waals surface area contributed by atoms with Crippen LogP contribution in [-0.4, -0.2) is 42.5 Å². The number of piperazine rings is 1. The maximum atomic E-state index is 12.7. The number of aryl methyl sites for hydroxylation is 1. The second-order valence-corrected chi connectivity index (χ2v) is 5.94. The number of methoxy groups -OCH3 is 1. The van der Waals surface area contributed by atoms with Crippen molar-refractivity contribution in [2.75, 3.05) is 26.7 Å². The number of pyridine rings is 1. The molecule has 126 valence electrons. The van der Waals surface area contributed by atoms with E-state index in [1.165, 1.54) is 0 Å². The summed E-state index contributed by atoms with van der Waals surface area (Å²) in [5.41, 5.74) is 2.24. The van der Waals surface area contributed by atoms with Gasteiger partial charge in [-0.15, -0.1) is 0 Å². The number of ether oxygens (including phenoxy) is 1. The molecule has 1 amide bonds. The average Bonchev–Trinajstić information content (AvgIpc) is 2.67. The molecule has 1 aromatic carbocycles. The molecule has 1 N–H and O–H groups in total. The fraction of sp³-hybridized carbons (Fsp3) is 0.368. The Morgan fingerprint density at radius 1 is 1.33 bits per heavy atom. The van der Waals surface area contributed by atoms with Gasteiger partial charge in [0.05, 0.1) is 13.2 Å². The van der Waals surface area contributed by atoms with Crippen molar-refractivity contribution in [2.45, 2.75) is 18.9 Å². The summed E-state index contributed by atoms with van der Waals surface area (Å²) in [6.07, 6.45) is 4.87. The Kier molecular flexibility index (Phi) is 5.43. The van der Waals surface area contributed by atoms with Gasteiger partial charge in [-0.3, -0.25) is 9.78 Å². The summed E-state index contributed by atoms with van der Waals surface area (Å²) >= 11 is 0. The Morgan fingerprint density at radius 3 is 2.88 bits per heavy atom. The van der Waals surface area contributed by atoms with Crippen LogP contribution in [0.3, 0.4) is 0 Å². The smallest absolute Gasteiger partial charge is 0.223 e. The van der Waals surface area contributed by atoms with Crippen LogP contribution in [0.5, 0.6) is 5.75 Å². The van der Waals surface area contributed by atoms with Crippen LogP contribution in [0.25, 0.3) is 0 Å². The van der Waals surface area contributed by atoms with E-state index in [2.05, 4.69) is 10.3 Å². The van der Waals surface area contributed by atoms with Crippen LogP contribution >= 0.6 is 0 Å². The Hall–Kier alpha value is -2.40. The zero-order valence-electron chi connectivity index (χ0n) is 13.9. The molecule has 0 radical (unpaired) electrons. The molecule has 3 rings (SSSR count). The monoisotopic (exact) mass is 325 g/mol. The molecule has 1 unspecified atom stereocenters. The van der Waals surface area contributed by atoms with Crippen molar-refractivity contribution in [3.8, 4) is 5.75 Å². The van der Waals surface area contributed by atoms with E-state index in [0.717, 1.165) is 42.9 Å². The minimum Gasteiger partial charge on any atom is -0.497 e. The van der Waals surface area contributed by atoms with Crippen molar-refractivity contribution < 1.29 is 9.53 Å². The summed E-state index contributed by atoms with van der Waals surface area (Å²) in [4.78, 5) is 18.9. The number of nitrogens with one attached hydrogen (secondary N) is 1. The molecule has 1 fully saturated rings. The van der Waals surface area contributed by atoms with Crippen LogP contribution in [0.2, 0.25) is 0 Å². The molecule has 1 aliphatic rings. The fourth-order valence-corrected chi connectivity index (χ4v) is 3.06. The fourth-order valence-electron chi connectivity index (χ4n) is 3.06. The van der Waals surface area contributed by atoms with Crippen LogP contribution in [0, 0.1) is 0 Å². The van der Waals surface area contributed by atoms with Gasteiger partial charge in [0.25, 0.3) is 0 Å². The molecule has 1 aromatic heterocycles. The average molecular weight is 325 g/mol. The van der Waals surface area contributed by atoms with Gasteiger partial charge >= 0.3 is 0 Å². The van der Waals surface area contributed by atoms with E-state index in [9.17, 15) is 4.79 Å². The third kappa shape index (κ3) is 3.92. The highest BCUT2D eigenvalue weighted by molar-refractivity contribution is 5.77. The summed E-state index contributed by atoms with van der Waals surface area (Å²) in [7, 11) is 1.65. The second kappa shape index (κ2) is 7.93. The Morgan fingerprint density at radius 2 is 2.17 bits per heavy atom. The number of benzene rings is 1. The first-order valence-corrected chi connectivity index (χ1v) is 8.31. The van der Waals surface area contributed by atoms with E-state index in [0.29, 0.717) is 6.42 Å². The van der Waals surface area contributed by atoms with E-state index in [-0.39, 0.29) is 11.9 Å². The molecule has 2 heterocycles. The molecule has 1 atom stereocenters. The third-order valence-electron chi connectivity index (χ3n) is 4.42. The molecule has 0 bridgehead atoms. The van der Waals surface area contributed by atoms with E-state index in [1.54, 1.807) is 13.3 Å². The van der Waals surface area contributed by atoms with Gasteiger partial charge in [-0.25, -0.2) is 0 Å². The highest BCUT2D eigenvalue weighted by Crippen LogP contribution is 2.23. The summed E-state index contributed by atoms with van der Waals surface area (Å²) in [5, 5.41) is 3.37.